The lowest BCUT2D eigenvalue weighted by Gasteiger charge is -2.07. The van der Waals surface area contributed by atoms with E-state index < -0.39 is 5.97 Å². The summed E-state index contributed by atoms with van der Waals surface area (Å²) in [5, 5.41) is 8.49. The van der Waals surface area contributed by atoms with Crippen molar-refractivity contribution in [2.75, 3.05) is 7.11 Å². The number of carboxylic acids is 1. The molecule has 0 amide bonds. The maximum atomic E-state index is 11.7. The van der Waals surface area contributed by atoms with Crippen LogP contribution in [0.1, 0.15) is 10.4 Å². The van der Waals surface area contributed by atoms with Crippen LogP contribution in [0.3, 0.4) is 0 Å². The van der Waals surface area contributed by atoms with Crippen LogP contribution in [-0.2, 0) is 4.79 Å². The molecule has 0 atom stereocenters. The molecule has 2 aromatic rings. The topological polar surface area (TPSA) is 72.8 Å². The zero-order valence-electron chi connectivity index (χ0n) is 11.9. The van der Waals surface area contributed by atoms with Gasteiger partial charge in [0, 0.05) is 11.6 Å². The van der Waals surface area contributed by atoms with Crippen molar-refractivity contribution < 1.29 is 24.2 Å². The molecule has 2 aromatic carbocycles. The third-order valence-electron chi connectivity index (χ3n) is 2.81. The predicted molar refractivity (Wildman–Crippen MR) is 80.6 cm³/mol. The molecule has 0 aliphatic heterocycles. The number of aliphatic carboxylic acids is 1. The summed E-state index contributed by atoms with van der Waals surface area (Å²) in [7, 11) is 1.59. The van der Waals surface area contributed by atoms with Crippen molar-refractivity contribution in [2.45, 2.75) is 0 Å². The highest BCUT2D eigenvalue weighted by Crippen LogP contribution is 2.24. The number of hydrogen-bond acceptors (Lipinski definition) is 4. The number of methoxy groups -OCH3 is 1. The second-order valence-electron chi connectivity index (χ2n) is 4.34. The van der Waals surface area contributed by atoms with Gasteiger partial charge >= 0.3 is 5.97 Å². The molecule has 2 rings (SSSR count). The van der Waals surface area contributed by atoms with Gasteiger partial charge < -0.3 is 14.6 Å². The van der Waals surface area contributed by atoms with Gasteiger partial charge in [-0.25, -0.2) is 4.79 Å². The van der Waals surface area contributed by atoms with Crippen molar-refractivity contribution in [3.05, 3.63) is 66.2 Å². The van der Waals surface area contributed by atoms with E-state index in [2.05, 4.69) is 0 Å². The zero-order chi connectivity index (χ0) is 15.9. The van der Waals surface area contributed by atoms with E-state index in [0.29, 0.717) is 17.1 Å². The van der Waals surface area contributed by atoms with Crippen LogP contribution in [0.15, 0.2) is 60.7 Å². The van der Waals surface area contributed by atoms with Crippen LogP contribution in [0, 0.1) is 0 Å². The molecular weight excluding hydrogens is 284 g/mol. The van der Waals surface area contributed by atoms with Crippen LogP contribution in [0.5, 0.6) is 17.2 Å². The summed E-state index contributed by atoms with van der Waals surface area (Å²) in [5.74, 6) is 0.416. The van der Waals surface area contributed by atoms with Crippen LogP contribution >= 0.6 is 0 Å². The second kappa shape index (κ2) is 7.08. The van der Waals surface area contributed by atoms with Gasteiger partial charge in [0.1, 0.15) is 17.2 Å². The van der Waals surface area contributed by atoms with Crippen LogP contribution in [0.4, 0.5) is 0 Å². The number of carbonyl (C=O) groups excluding carboxylic acids is 1. The van der Waals surface area contributed by atoms with Crippen molar-refractivity contribution >= 4 is 11.8 Å². The van der Waals surface area contributed by atoms with Crippen molar-refractivity contribution in [2.24, 2.45) is 0 Å². The molecule has 0 aliphatic rings. The molecule has 0 fully saturated rings. The molecule has 0 bridgehead atoms. The smallest absolute Gasteiger partial charge is 0.328 e. The Hall–Kier alpha value is -3.08. The van der Waals surface area contributed by atoms with E-state index in [9.17, 15) is 9.59 Å². The molecule has 1 N–H and O–H groups in total. The first-order chi connectivity index (χ1) is 10.6. The highest BCUT2D eigenvalue weighted by Gasteiger charge is 2.04. The number of ether oxygens (including phenoxy) is 2. The first-order valence-corrected chi connectivity index (χ1v) is 6.46. The molecule has 0 heterocycles. The lowest BCUT2D eigenvalue weighted by atomic mass is 10.1. The largest absolute Gasteiger partial charge is 0.497 e. The maximum Gasteiger partial charge on any atom is 0.328 e. The number of allylic oxidation sites excluding steroid dienone is 1. The van der Waals surface area contributed by atoms with E-state index in [4.69, 9.17) is 14.6 Å². The Labute approximate surface area is 127 Å². The standard InChI is InChI=1S/C17H14O5/c1-21-13-6-8-15(9-7-13)22-14-4-2-12(3-5-14)16(18)10-11-17(19)20/h2-11H,1H3,(H,19,20). The van der Waals surface area contributed by atoms with Crippen molar-refractivity contribution in [3.8, 4) is 17.2 Å². The first-order valence-electron chi connectivity index (χ1n) is 6.46. The Kier molecular flexibility index (Phi) is 4.93. The summed E-state index contributed by atoms with van der Waals surface area (Å²) in [6, 6.07) is 13.5. The SMILES string of the molecule is COc1ccc(Oc2ccc(C(=O)C=CC(=O)O)cc2)cc1. The van der Waals surface area contributed by atoms with Gasteiger partial charge in [0.05, 0.1) is 7.11 Å². The molecule has 22 heavy (non-hydrogen) atoms. The second-order valence-corrected chi connectivity index (χ2v) is 4.34. The molecule has 0 unspecified atom stereocenters. The molecular formula is C17H14O5. The number of ketones is 1. The van der Waals surface area contributed by atoms with Gasteiger partial charge in [-0.2, -0.15) is 0 Å². The molecule has 0 radical (unpaired) electrons. The highest BCUT2D eigenvalue weighted by atomic mass is 16.5. The van der Waals surface area contributed by atoms with Crippen LogP contribution < -0.4 is 9.47 Å². The molecule has 5 nitrogen and oxygen atoms in total. The molecule has 0 aliphatic carbocycles. The van der Waals surface area contributed by atoms with E-state index in [1.165, 1.54) is 0 Å². The third-order valence-corrected chi connectivity index (χ3v) is 2.81. The minimum Gasteiger partial charge on any atom is -0.497 e. The van der Waals surface area contributed by atoms with Crippen LogP contribution in [0.2, 0.25) is 0 Å². The van der Waals surface area contributed by atoms with Gasteiger partial charge in [0.25, 0.3) is 0 Å². The summed E-state index contributed by atoms with van der Waals surface area (Å²) in [6.07, 6.45) is 1.83. The van der Waals surface area contributed by atoms with E-state index in [1.807, 2.05) is 0 Å². The predicted octanol–water partition coefficient (Wildman–Crippen LogP) is 3.31. The van der Waals surface area contributed by atoms with E-state index in [-0.39, 0.29) is 5.78 Å². The normalized spacial score (nSPS) is 10.4. The fourth-order valence-corrected chi connectivity index (χ4v) is 1.71. The minimum atomic E-state index is -1.16. The fraction of sp³-hybridized carbons (Fsp3) is 0.0588. The Morgan fingerprint density at radius 1 is 0.864 bits per heavy atom. The van der Waals surface area contributed by atoms with Gasteiger partial charge in [-0.15, -0.1) is 0 Å². The summed E-state index contributed by atoms with van der Waals surface area (Å²) in [6.45, 7) is 0. The number of carbonyl (C=O) groups is 2. The number of hydrogen-bond donors (Lipinski definition) is 1. The highest BCUT2D eigenvalue weighted by molar-refractivity contribution is 6.06. The third kappa shape index (κ3) is 4.21. The maximum absolute atomic E-state index is 11.7. The molecule has 112 valence electrons. The van der Waals surface area contributed by atoms with Gasteiger partial charge in [0.2, 0.25) is 0 Å². The summed E-state index contributed by atoms with van der Waals surface area (Å²) >= 11 is 0. The van der Waals surface area contributed by atoms with Gasteiger partial charge in [0.15, 0.2) is 5.78 Å². The molecule has 0 spiro atoms. The minimum absolute atomic E-state index is 0.376. The molecule has 0 saturated heterocycles. The van der Waals surface area contributed by atoms with E-state index >= 15 is 0 Å². The van der Waals surface area contributed by atoms with Crippen LogP contribution in [0.25, 0.3) is 0 Å². The van der Waals surface area contributed by atoms with Crippen molar-refractivity contribution in [3.63, 3.8) is 0 Å². The Bertz CT molecular complexity index is 684. The summed E-state index contributed by atoms with van der Waals surface area (Å²) < 4.78 is 10.7. The molecule has 0 aromatic heterocycles. The van der Waals surface area contributed by atoms with E-state index in [0.717, 1.165) is 17.9 Å². The van der Waals surface area contributed by atoms with Gasteiger partial charge in [-0.3, -0.25) is 4.79 Å². The van der Waals surface area contributed by atoms with Crippen molar-refractivity contribution in [1.82, 2.24) is 0 Å². The number of benzene rings is 2. The van der Waals surface area contributed by atoms with Crippen LogP contribution in [-0.4, -0.2) is 24.0 Å². The first kappa shape index (κ1) is 15.3. The average molecular weight is 298 g/mol. The van der Waals surface area contributed by atoms with Crippen molar-refractivity contribution in [1.29, 1.82) is 0 Å². The Morgan fingerprint density at radius 3 is 1.86 bits per heavy atom. The van der Waals surface area contributed by atoms with E-state index in [1.54, 1.807) is 55.6 Å². The Balaban J connectivity index is 2.05. The fourth-order valence-electron chi connectivity index (χ4n) is 1.71. The molecule has 0 saturated carbocycles. The average Bonchev–Trinajstić information content (AvgIpc) is 2.54. The quantitative estimate of drug-likeness (QED) is 0.654. The Morgan fingerprint density at radius 2 is 1.36 bits per heavy atom. The zero-order valence-corrected chi connectivity index (χ0v) is 11.9. The number of rotatable bonds is 6. The van der Waals surface area contributed by atoms with Gasteiger partial charge in [-0.1, -0.05) is 0 Å². The summed E-state index contributed by atoms with van der Waals surface area (Å²) in [5.41, 5.74) is 0.389. The lowest BCUT2D eigenvalue weighted by Crippen LogP contribution is -1.96. The van der Waals surface area contributed by atoms with Gasteiger partial charge in [-0.05, 0) is 54.6 Å². The lowest BCUT2D eigenvalue weighted by molar-refractivity contribution is -0.131. The summed E-state index contributed by atoms with van der Waals surface area (Å²) in [4.78, 5) is 22.1. The molecule has 5 heteroatoms. The monoisotopic (exact) mass is 298 g/mol. The number of carboxylic acid groups (broad SMARTS) is 1.